The molecule has 0 aliphatic carbocycles. The summed E-state index contributed by atoms with van der Waals surface area (Å²) in [5, 5.41) is 0.114. The monoisotopic (exact) mass is 919 g/mol. The molecule has 0 amide bonds. The number of rotatable bonds is 49. The Morgan fingerprint density at radius 3 is 1.03 bits per heavy atom. The smallest absolute Gasteiger partial charge is 0.315 e. The lowest BCUT2D eigenvalue weighted by molar-refractivity contribution is -0.142. The highest BCUT2D eigenvalue weighted by atomic mass is 32.2. The highest BCUT2D eigenvalue weighted by Crippen LogP contribution is 2.23. The predicted molar refractivity (Wildman–Crippen MR) is 273 cm³/mol. The van der Waals surface area contributed by atoms with E-state index in [-0.39, 0.29) is 35.5 Å². The van der Waals surface area contributed by atoms with E-state index < -0.39 is 0 Å². The molecule has 0 aromatic rings. The van der Waals surface area contributed by atoms with Crippen LogP contribution in [-0.2, 0) is 23.9 Å². The van der Waals surface area contributed by atoms with E-state index in [2.05, 4.69) is 27.7 Å². The van der Waals surface area contributed by atoms with Gasteiger partial charge >= 0.3 is 11.9 Å². The van der Waals surface area contributed by atoms with E-state index in [1.54, 1.807) is 35.3 Å². The summed E-state index contributed by atoms with van der Waals surface area (Å²) in [6.07, 6.45) is 46.3. The third-order valence-electron chi connectivity index (χ3n) is 11.3. The van der Waals surface area contributed by atoms with Crippen LogP contribution >= 0.6 is 47.0 Å². The zero-order chi connectivity index (χ0) is 43.8. The van der Waals surface area contributed by atoms with Crippen molar-refractivity contribution in [3.05, 3.63) is 0 Å². The van der Waals surface area contributed by atoms with Crippen LogP contribution in [0.5, 0.6) is 0 Å². The molecular weight excluding hydrogens is 821 g/mol. The number of ether oxygens (including phenoxy) is 2. The summed E-state index contributed by atoms with van der Waals surface area (Å²) in [6, 6.07) is 0. The Kier molecular flexibility index (Phi) is 50.0. The van der Waals surface area contributed by atoms with Crippen molar-refractivity contribution in [1.29, 1.82) is 0 Å². The Labute approximate surface area is 390 Å². The van der Waals surface area contributed by atoms with Crippen LogP contribution in [-0.4, -0.2) is 69.5 Å². The summed E-state index contributed by atoms with van der Waals surface area (Å²) < 4.78 is 11.3. The minimum absolute atomic E-state index is 0.0646. The van der Waals surface area contributed by atoms with E-state index in [0.29, 0.717) is 22.5 Å². The number of carbonyl (C=O) groups excluding carboxylic acids is 3. The van der Waals surface area contributed by atoms with Gasteiger partial charge in [0.2, 0.25) is 0 Å². The maximum Gasteiger partial charge on any atom is 0.315 e. The van der Waals surface area contributed by atoms with Crippen LogP contribution in [0.4, 0.5) is 0 Å². The second kappa shape index (κ2) is 50.0. The molecule has 0 bridgehead atoms. The molecule has 0 spiro atoms. The Bertz CT molecular complexity index is 874. The van der Waals surface area contributed by atoms with Gasteiger partial charge in [-0.15, -0.1) is 11.8 Å². The van der Waals surface area contributed by atoms with Crippen molar-refractivity contribution in [2.45, 2.75) is 263 Å². The van der Waals surface area contributed by atoms with Crippen molar-refractivity contribution >= 4 is 64.1 Å². The lowest BCUT2D eigenvalue weighted by Gasteiger charge is -2.17. The topological polar surface area (TPSA) is 69.7 Å². The fraction of sp³-hybridized carbons (Fsp3) is 0.941. The van der Waals surface area contributed by atoms with Crippen molar-refractivity contribution in [3.8, 4) is 0 Å². The van der Waals surface area contributed by atoms with Gasteiger partial charge in [-0.3, -0.25) is 14.4 Å². The first-order valence-corrected chi connectivity index (χ1v) is 29.9. The first-order chi connectivity index (χ1) is 29.4. The molecule has 5 nitrogen and oxygen atoms in total. The molecule has 356 valence electrons. The lowest BCUT2D eigenvalue weighted by Crippen LogP contribution is -2.26. The molecule has 9 heteroatoms. The average Bonchev–Trinajstić information content (AvgIpc) is 3.24. The largest absolute Gasteiger partial charge is 0.464 e. The summed E-state index contributed by atoms with van der Waals surface area (Å²) in [5.74, 6) is 2.50. The standard InChI is InChI=1S/C51H98O5S4/c1-5-8-11-14-17-20-23-25-28-31-34-37-40-57-44-49(52)55-42-48(60-51(54)46-59-47(4)39-36-33-30-27-22-19-16-13-10-7-3)43-56-50(53)45-58-41-38-35-32-29-26-24-21-18-15-12-9-6-2/h47-48H,5-46H2,1-4H3. The Balaban J connectivity index is 4.40. The number of thioether (sulfide) groups is 4. The molecule has 1 unspecified atom stereocenters. The van der Waals surface area contributed by atoms with Crippen LogP contribution < -0.4 is 0 Å². The number of carbonyl (C=O) groups is 3. The predicted octanol–water partition coefficient (Wildman–Crippen LogP) is 17.0. The fourth-order valence-corrected chi connectivity index (χ4v) is 10.9. The quantitative estimate of drug-likeness (QED) is 0.0438. The highest BCUT2D eigenvalue weighted by molar-refractivity contribution is 8.16. The SMILES string of the molecule is CCCCCCCCCCCCCCSCC(=O)OCC(COC(=O)CSCCCCCCCCCCCCCC)SC(=O)CSC(C)CCCCCCCCCCCC. The van der Waals surface area contributed by atoms with Gasteiger partial charge in [0.1, 0.15) is 13.2 Å². The molecule has 0 aromatic carbocycles. The normalized spacial score (nSPS) is 12.0. The molecule has 0 aliphatic heterocycles. The molecule has 0 heterocycles. The molecule has 0 saturated carbocycles. The molecular formula is C51H98O5S4. The third kappa shape index (κ3) is 47.5. The van der Waals surface area contributed by atoms with Crippen LogP contribution in [0.1, 0.15) is 252 Å². The van der Waals surface area contributed by atoms with Gasteiger partial charge < -0.3 is 9.47 Å². The molecule has 0 aliphatic rings. The summed E-state index contributed by atoms with van der Waals surface area (Å²) >= 11 is 6.17. The zero-order valence-electron chi connectivity index (χ0n) is 40.0. The van der Waals surface area contributed by atoms with Gasteiger partial charge in [-0.25, -0.2) is 0 Å². The van der Waals surface area contributed by atoms with E-state index in [9.17, 15) is 14.4 Å². The van der Waals surface area contributed by atoms with E-state index in [1.165, 1.54) is 217 Å². The van der Waals surface area contributed by atoms with Gasteiger partial charge in [0.05, 0.1) is 22.5 Å². The Morgan fingerprint density at radius 1 is 0.400 bits per heavy atom. The molecule has 0 saturated heterocycles. The van der Waals surface area contributed by atoms with E-state index in [4.69, 9.17) is 9.47 Å². The Hall–Kier alpha value is 0.01000. The van der Waals surface area contributed by atoms with Gasteiger partial charge in [-0.05, 0) is 30.8 Å². The van der Waals surface area contributed by atoms with E-state index in [0.717, 1.165) is 30.8 Å². The minimum Gasteiger partial charge on any atom is -0.464 e. The first kappa shape index (κ1) is 60.0. The van der Waals surface area contributed by atoms with Gasteiger partial charge in [-0.1, -0.05) is 245 Å². The highest BCUT2D eigenvalue weighted by Gasteiger charge is 2.20. The first-order valence-electron chi connectivity index (χ1n) is 25.7. The van der Waals surface area contributed by atoms with Crippen molar-refractivity contribution in [3.63, 3.8) is 0 Å². The van der Waals surface area contributed by atoms with Crippen molar-refractivity contribution in [1.82, 2.24) is 0 Å². The van der Waals surface area contributed by atoms with E-state index >= 15 is 0 Å². The second-order valence-electron chi connectivity index (χ2n) is 17.5. The van der Waals surface area contributed by atoms with Gasteiger partial charge in [-0.2, -0.15) is 23.5 Å². The number of esters is 2. The van der Waals surface area contributed by atoms with Crippen molar-refractivity contribution in [2.24, 2.45) is 0 Å². The zero-order valence-corrected chi connectivity index (χ0v) is 43.3. The van der Waals surface area contributed by atoms with Crippen LogP contribution in [0.3, 0.4) is 0 Å². The molecule has 0 radical (unpaired) electrons. The molecule has 1 atom stereocenters. The van der Waals surface area contributed by atoms with Crippen LogP contribution in [0.2, 0.25) is 0 Å². The lowest BCUT2D eigenvalue weighted by atomic mass is 10.1. The van der Waals surface area contributed by atoms with Crippen LogP contribution in [0.25, 0.3) is 0 Å². The molecule has 60 heavy (non-hydrogen) atoms. The third-order valence-corrected chi connectivity index (χ3v) is 15.8. The molecule has 0 N–H and O–H groups in total. The maximum absolute atomic E-state index is 13.1. The summed E-state index contributed by atoms with van der Waals surface area (Å²) in [6.45, 7) is 9.22. The Morgan fingerprint density at radius 2 is 0.700 bits per heavy atom. The van der Waals surface area contributed by atoms with Gasteiger partial charge in [0, 0.05) is 5.25 Å². The molecule has 0 fully saturated rings. The van der Waals surface area contributed by atoms with Gasteiger partial charge in [0.15, 0.2) is 5.12 Å². The second-order valence-corrected chi connectivity index (χ2v) is 22.4. The summed E-state index contributed by atoms with van der Waals surface area (Å²) in [4.78, 5) is 38.4. The van der Waals surface area contributed by atoms with E-state index in [1.807, 2.05) is 0 Å². The van der Waals surface area contributed by atoms with Crippen LogP contribution in [0, 0.1) is 0 Å². The van der Waals surface area contributed by atoms with Crippen molar-refractivity contribution < 1.29 is 23.9 Å². The van der Waals surface area contributed by atoms with Crippen LogP contribution in [0.15, 0.2) is 0 Å². The average molecular weight is 920 g/mol. The fourth-order valence-electron chi connectivity index (χ4n) is 7.41. The van der Waals surface area contributed by atoms with Crippen molar-refractivity contribution in [2.75, 3.05) is 42.0 Å². The molecule has 0 rings (SSSR count). The summed E-state index contributed by atoms with van der Waals surface area (Å²) in [5.41, 5.74) is 0. The molecule has 0 aromatic heterocycles. The van der Waals surface area contributed by atoms with Gasteiger partial charge in [0.25, 0.3) is 0 Å². The number of hydrogen-bond donors (Lipinski definition) is 0. The number of hydrogen-bond acceptors (Lipinski definition) is 9. The minimum atomic E-state index is -0.383. The maximum atomic E-state index is 13.1. The summed E-state index contributed by atoms with van der Waals surface area (Å²) in [7, 11) is 0. The number of unbranched alkanes of at least 4 members (excludes halogenated alkanes) is 31.